The molecule has 22 rings (SSSR count). The smallest absolute Gasteiger partial charge is 0.339 e. The average molecular weight is 2060 g/mol. The number of aliphatic hydroxyl groups is 1. The van der Waals surface area contributed by atoms with Gasteiger partial charge < -0.3 is 53.6 Å². The Morgan fingerprint density at radius 1 is 0.385 bits per heavy atom. The van der Waals surface area contributed by atoms with Crippen LogP contribution in [-0.4, -0.2) is 118 Å². The molecule has 33 heteroatoms. The molecule has 0 radical (unpaired) electrons. The highest BCUT2D eigenvalue weighted by molar-refractivity contribution is 8.24. The van der Waals surface area contributed by atoms with Crippen molar-refractivity contribution in [2.75, 3.05) is 53.7 Å². The number of allylic oxidation sites excluding steroid dienone is 10. The highest BCUT2D eigenvalue weighted by atomic mass is 36.0. The van der Waals surface area contributed by atoms with E-state index in [9.17, 15) is 14.5 Å². The summed E-state index contributed by atoms with van der Waals surface area (Å²) < 4.78 is 58.8. The Morgan fingerprint density at radius 3 is 1.08 bits per heavy atom. The van der Waals surface area contributed by atoms with Gasteiger partial charge in [-0.15, -0.1) is 0 Å². The summed E-state index contributed by atoms with van der Waals surface area (Å²) in [7, 11) is 9.83. The number of nitrogen functional groups attached to an aromatic ring is 1. The van der Waals surface area contributed by atoms with Crippen LogP contribution < -0.4 is 39.5 Å². The van der Waals surface area contributed by atoms with E-state index in [0.29, 0.717) is 78.3 Å². The van der Waals surface area contributed by atoms with Crippen molar-refractivity contribution < 1.29 is 51.9 Å². The average Bonchev–Trinajstić information content (AvgIpc) is 1.60. The molecule has 5 aliphatic rings. The molecule has 8 aromatic carbocycles. The molecule has 26 nitrogen and oxygen atoms in total. The lowest BCUT2D eigenvalue weighted by Gasteiger charge is -2.20. The van der Waals surface area contributed by atoms with Crippen LogP contribution in [0.15, 0.2) is 282 Å². The van der Waals surface area contributed by atoms with Crippen LogP contribution in [0.25, 0.3) is 123 Å². The number of nitrogens with zero attached hydrogens (tertiary/aromatic N) is 13. The molecule has 0 saturated heterocycles. The third-order valence-electron chi connectivity index (χ3n) is 24.8. The molecule has 10 heterocycles. The number of benzene rings is 8. The molecule has 0 unspecified atom stereocenters. The highest BCUT2D eigenvalue weighted by Crippen LogP contribution is 2.61. The van der Waals surface area contributed by atoms with E-state index >= 15 is 0 Å². The minimum Gasteiger partial charge on any atom is -0.511 e. The number of methoxy groups -OCH3 is 6. The van der Waals surface area contributed by atoms with Crippen LogP contribution in [0.3, 0.4) is 0 Å². The van der Waals surface area contributed by atoms with Gasteiger partial charge in [-0.1, -0.05) is 247 Å². The van der Waals surface area contributed by atoms with Gasteiger partial charge in [0.1, 0.15) is 85.3 Å². The maximum Gasteiger partial charge on any atom is 0.339 e. The number of hydrogen-bond donors (Lipinski definition) is 3. The van der Waals surface area contributed by atoms with Crippen molar-refractivity contribution in [3.63, 3.8) is 0 Å². The van der Waals surface area contributed by atoms with Crippen LogP contribution in [0, 0.1) is 0 Å². The van der Waals surface area contributed by atoms with E-state index in [1.807, 2.05) is 162 Å². The molecule has 0 atom stereocenters. The maximum absolute atomic E-state index is 13.5. The maximum atomic E-state index is 13.5. The van der Waals surface area contributed by atoms with E-state index in [-0.39, 0.29) is 25.5 Å². The Bertz CT molecular complexity index is 7540. The van der Waals surface area contributed by atoms with Crippen LogP contribution in [0.1, 0.15) is 148 Å². The summed E-state index contributed by atoms with van der Waals surface area (Å²) in [6, 6.07) is 74.1. The molecule has 9 aromatic heterocycles. The molecule has 143 heavy (non-hydrogen) atoms. The van der Waals surface area contributed by atoms with E-state index < -0.39 is 5.20 Å². The van der Waals surface area contributed by atoms with Crippen molar-refractivity contribution in [1.29, 1.82) is 0 Å². The largest absolute Gasteiger partial charge is 0.511 e. The van der Waals surface area contributed by atoms with E-state index in [2.05, 4.69) is 115 Å². The number of aliphatic hydroxyl groups excluding tert-OH is 1. The van der Waals surface area contributed by atoms with Gasteiger partial charge in [-0.05, 0) is 230 Å². The van der Waals surface area contributed by atoms with Crippen molar-refractivity contribution in [3.8, 4) is 113 Å². The van der Waals surface area contributed by atoms with Crippen LogP contribution >= 0.6 is 73.7 Å². The van der Waals surface area contributed by atoms with E-state index in [1.54, 1.807) is 88.1 Å². The number of ether oxygens (including phenoxy) is 6. The summed E-state index contributed by atoms with van der Waals surface area (Å²) in [6.07, 6.45) is 29.9. The first kappa shape index (κ1) is 102. The predicted octanol–water partition coefficient (Wildman–Crippen LogP) is 30.2. The Labute approximate surface area is 857 Å². The Hall–Kier alpha value is -14.2. The zero-order valence-corrected chi connectivity index (χ0v) is 84.0. The zero-order chi connectivity index (χ0) is 98.9. The summed E-state index contributed by atoms with van der Waals surface area (Å²) >= 11 is 34.2. The van der Waals surface area contributed by atoms with Crippen LogP contribution in [0.2, 0.25) is 15.5 Å². The standard InChI is InChI=1S/C29H27N5O3.C26H24ClN3O2.C26H24N2O3.C25H21Cl2N3O.C3H4N2O.CH4.Cl3OP/c1-35-22-15-13-20(14-16-22)25-27(30-23-17-18-37-33-23)31-28-24(19-9-5-3-6-10-19)26(21-11-7-4-8-12-21)32-34(28)29(25)36-2;1-31-20-15-13-18(14-16-20)22-24(27)28-25-21(17-9-5-3-6-10-17)23(19-11-7-4-8-12-19)29-30(25)26(22)32-2;1-31-20-14-12-18(13-15-20)24-22(29)16-21-23(17-8-4-2-5-9-17)25(27-28(21)26(24)30)19-10-6-3-7-11-19;1-31-19-14-12-17(13-15-19)21-23(26)28-25-20(16-8-4-2-5-9-16)22(29-30(25)24(21)27)18-10-6-3-7-11-18;4-3-1-2-6-5-3;;1-5(2,3)4/h4,7-9,11-18H,3,5-6,10H2,1-2H3,(H,30,31,33);4,7-9,11-16H,3,5-6,10H2,1-2H3;3,6-8,10-15,29H,2,4-5,9,16H2,1H3;3,6-8,10-15H,2,4-5,9H2,1H3;1-2H,(H2,4,5);1H4;. The molecule has 0 spiro atoms. The fourth-order valence-electron chi connectivity index (χ4n) is 18.1. The molecule has 0 saturated carbocycles. The van der Waals surface area contributed by atoms with Gasteiger partial charge in [-0.25, -0.2) is 19.5 Å². The van der Waals surface area contributed by atoms with Gasteiger partial charge in [0.2, 0.25) is 11.8 Å². The lowest BCUT2D eigenvalue weighted by atomic mass is 9.88. The van der Waals surface area contributed by atoms with Gasteiger partial charge >= 0.3 is 5.20 Å². The van der Waals surface area contributed by atoms with Crippen LogP contribution in [0.4, 0.5) is 17.5 Å². The molecule has 0 bridgehead atoms. The normalized spacial score (nSPS) is 13.9. The molecule has 4 aliphatic carbocycles. The monoisotopic (exact) mass is 2050 g/mol. The third kappa shape index (κ3) is 23.1. The number of nitrogens with two attached hydrogens (primary N) is 1. The van der Waals surface area contributed by atoms with Crippen molar-refractivity contribution in [2.24, 2.45) is 0 Å². The Balaban J connectivity index is 0.000000132. The third-order valence-corrected chi connectivity index (χ3v) is 25.7. The molecule has 732 valence electrons. The topological polar surface area (TPSA) is 308 Å². The fourth-order valence-corrected chi connectivity index (χ4v) is 19.0. The Kier molecular flexibility index (Phi) is 33.5. The molecular formula is C110H104Cl6N15O11P. The quantitative estimate of drug-likeness (QED) is 0.0471. The first-order valence-electron chi connectivity index (χ1n) is 46.3. The lowest BCUT2D eigenvalue weighted by molar-refractivity contribution is 0.0952. The van der Waals surface area contributed by atoms with Crippen LogP contribution in [-0.2, 0) is 11.0 Å². The van der Waals surface area contributed by atoms with Gasteiger partial charge in [0.05, 0.1) is 87.3 Å². The molecule has 0 amide bonds. The van der Waals surface area contributed by atoms with E-state index in [0.717, 1.165) is 201 Å². The minimum absolute atomic E-state index is 0. The van der Waals surface area contributed by atoms with Gasteiger partial charge in [0.15, 0.2) is 28.6 Å². The van der Waals surface area contributed by atoms with Crippen LogP contribution in [0.5, 0.6) is 34.8 Å². The second-order valence-corrected chi connectivity index (χ2v) is 41.3. The number of nitrogens with one attached hydrogen (secondary N) is 1. The summed E-state index contributed by atoms with van der Waals surface area (Å²) in [5.74, 6) is 5.49. The molecule has 4 N–H and O–H groups in total. The van der Waals surface area contributed by atoms with Crippen molar-refractivity contribution in [3.05, 3.63) is 322 Å². The predicted molar refractivity (Wildman–Crippen MR) is 572 cm³/mol. The SMILES string of the molecule is C.COc1ccc(-c2c(Cl)nc3c(C4=CCCCC4)c(-c4ccccc4)nn3c2Cl)cc1.COc1ccc(-c2c(Cl)nc3c(C4=CCCCC4)c(-c4ccccc4)nn3c2OC)cc1.COc1ccc(-c2c(Nc3ccon3)nc3c(C4=CCCCC4)c(-c4ccccc4)nn3c2OC)cc1.COc1ccc(C2=C(O)Cc3c(C4=CCCCC4)c(-c4ccccc4)nn3C2=O)cc1.Nc1ccon1.O=P(Cl)(Cl)Cl. The van der Waals surface area contributed by atoms with Gasteiger partial charge in [0, 0.05) is 46.4 Å². The van der Waals surface area contributed by atoms with E-state index in [4.69, 9.17) is 109 Å². The Morgan fingerprint density at radius 2 is 0.727 bits per heavy atom. The van der Waals surface area contributed by atoms with Crippen molar-refractivity contribution in [2.45, 2.75) is 117 Å². The first-order valence-corrected chi connectivity index (χ1v) is 51.9. The molecular weight excluding hydrogens is 1950 g/mol. The second kappa shape index (κ2) is 47.1. The first-order chi connectivity index (χ1) is 69.2. The second-order valence-electron chi connectivity index (χ2n) is 33.6. The van der Waals surface area contributed by atoms with Gasteiger partial charge in [-0.2, -0.15) is 34.1 Å². The number of rotatable bonds is 20. The number of hydrogen-bond acceptors (Lipinski definition) is 22. The molecule has 17 aromatic rings. The zero-order valence-electron chi connectivity index (χ0n) is 78.6. The number of halogens is 6. The summed E-state index contributed by atoms with van der Waals surface area (Å²) in [5.41, 5.74) is 30.4. The number of anilines is 3. The number of carbonyl (C=O) groups excluding carboxylic acids is 1. The van der Waals surface area contributed by atoms with Crippen molar-refractivity contribution in [1.82, 2.24) is 63.9 Å². The number of aromatic nitrogens is 13. The molecule has 1 aliphatic heterocycles. The summed E-state index contributed by atoms with van der Waals surface area (Å²) in [6.45, 7) is 0. The minimum atomic E-state index is -3.22. The van der Waals surface area contributed by atoms with E-state index in [1.165, 1.54) is 65.2 Å². The number of carbonyl (C=O) groups is 1. The fraction of sp³-hybridized carbons (Fsp3) is 0.218. The van der Waals surface area contributed by atoms with Crippen molar-refractivity contribution >= 4 is 142 Å². The highest BCUT2D eigenvalue weighted by Gasteiger charge is 2.36. The lowest BCUT2D eigenvalue weighted by Crippen LogP contribution is -2.24. The van der Waals surface area contributed by atoms with Gasteiger partial charge in [-0.3, -0.25) is 9.36 Å². The summed E-state index contributed by atoms with van der Waals surface area (Å²) in [5, 5.41) is 39.4. The van der Waals surface area contributed by atoms with Gasteiger partial charge in [0.25, 0.3) is 5.91 Å². The number of fused-ring (bicyclic) bond motifs is 4. The summed E-state index contributed by atoms with van der Waals surface area (Å²) in [4.78, 5) is 28.3. The molecule has 0 fully saturated rings.